The molecule has 1 N–H and O–H groups in total. The van der Waals surface area contributed by atoms with Crippen molar-refractivity contribution in [3.8, 4) is 0 Å². The van der Waals surface area contributed by atoms with Gasteiger partial charge < -0.3 is 14.6 Å². The molecule has 1 aromatic heterocycles. The molecule has 0 unspecified atom stereocenters. The molecule has 0 spiro atoms. The van der Waals surface area contributed by atoms with Crippen LogP contribution >= 0.6 is 12.4 Å². The van der Waals surface area contributed by atoms with E-state index in [1.165, 1.54) is 0 Å². The van der Waals surface area contributed by atoms with Gasteiger partial charge in [-0.2, -0.15) is 0 Å². The van der Waals surface area contributed by atoms with Crippen molar-refractivity contribution >= 4 is 18.3 Å². The Morgan fingerprint density at radius 1 is 1.40 bits per heavy atom. The maximum Gasteiger partial charge on any atom is 0.289 e. The molecular formula is C10H15ClN2O2. The number of hydrogen-bond donors (Lipinski definition) is 1. The molecule has 1 fully saturated rings. The van der Waals surface area contributed by atoms with Crippen LogP contribution in [0.25, 0.3) is 0 Å². The standard InChI is InChI=1S/C10H14N2O2.ClH/c1-8-2-3-9(14-8)10(13)12-6-4-11-5-7-12;/h2-3,11H,4-7H2,1H3;1H. The van der Waals surface area contributed by atoms with Crippen LogP contribution in [-0.4, -0.2) is 37.0 Å². The van der Waals surface area contributed by atoms with Gasteiger partial charge in [-0.15, -0.1) is 12.4 Å². The lowest BCUT2D eigenvalue weighted by atomic mass is 10.3. The third kappa shape index (κ3) is 2.73. The first-order valence-electron chi connectivity index (χ1n) is 4.84. The zero-order valence-electron chi connectivity index (χ0n) is 8.66. The Bertz CT molecular complexity index is 332. The summed E-state index contributed by atoms with van der Waals surface area (Å²) >= 11 is 0. The van der Waals surface area contributed by atoms with Gasteiger partial charge in [0.2, 0.25) is 0 Å². The lowest BCUT2D eigenvalue weighted by Gasteiger charge is -2.26. The van der Waals surface area contributed by atoms with Crippen molar-refractivity contribution in [3.63, 3.8) is 0 Å². The first kappa shape index (κ1) is 12.1. The van der Waals surface area contributed by atoms with E-state index in [1.54, 1.807) is 6.07 Å². The number of halogens is 1. The number of hydrogen-bond acceptors (Lipinski definition) is 3. The molecule has 0 radical (unpaired) electrons. The minimum Gasteiger partial charge on any atom is -0.456 e. The summed E-state index contributed by atoms with van der Waals surface area (Å²) in [5.74, 6) is 1.23. The summed E-state index contributed by atoms with van der Waals surface area (Å²) in [5, 5.41) is 3.20. The Hall–Kier alpha value is -1.00. The van der Waals surface area contributed by atoms with E-state index < -0.39 is 0 Å². The van der Waals surface area contributed by atoms with E-state index in [0.717, 1.165) is 31.9 Å². The SMILES string of the molecule is Cc1ccc(C(=O)N2CCNCC2)o1.Cl. The molecule has 0 aliphatic carbocycles. The van der Waals surface area contributed by atoms with Crippen LogP contribution in [0.4, 0.5) is 0 Å². The van der Waals surface area contributed by atoms with E-state index in [1.807, 2.05) is 17.9 Å². The highest BCUT2D eigenvalue weighted by atomic mass is 35.5. The van der Waals surface area contributed by atoms with Crippen LogP contribution in [0.3, 0.4) is 0 Å². The Morgan fingerprint density at radius 2 is 2.07 bits per heavy atom. The second-order valence-electron chi connectivity index (χ2n) is 3.45. The molecule has 0 aromatic carbocycles. The number of carbonyl (C=O) groups is 1. The van der Waals surface area contributed by atoms with Crippen molar-refractivity contribution in [1.29, 1.82) is 0 Å². The van der Waals surface area contributed by atoms with E-state index in [4.69, 9.17) is 4.42 Å². The molecule has 4 nitrogen and oxygen atoms in total. The second-order valence-corrected chi connectivity index (χ2v) is 3.45. The Balaban J connectivity index is 0.00000112. The molecule has 0 saturated carbocycles. The van der Waals surface area contributed by atoms with Crippen LogP contribution in [-0.2, 0) is 0 Å². The third-order valence-electron chi connectivity index (χ3n) is 2.36. The summed E-state index contributed by atoms with van der Waals surface area (Å²) in [4.78, 5) is 13.6. The average Bonchev–Trinajstić information content (AvgIpc) is 2.65. The maximum atomic E-state index is 11.8. The summed E-state index contributed by atoms with van der Waals surface area (Å²) in [5.41, 5.74) is 0. The summed E-state index contributed by atoms with van der Waals surface area (Å²) in [7, 11) is 0. The van der Waals surface area contributed by atoms with Crippen molar-refractivity contribution in [1.82, 2.24) is 10.2 Å². The van der Waals surface area contributed by atoms with Crippen molar-refractivity contribution in [2.75, 3.05) is 26.2 Å². The number of piperazine rings is 1. The van der Waals surface area contributed by atoms with Gasteiger partial charge in [0.15, 0.2) is 5.76 Å². The molecule has 1 amide bonds. The molecule has 1 aliphatic rings. The molecule has 2 heterocycles. The van der Waals surface area contributed by atoms with Gasteiger partial charge in [0, 0.05) is 26.2 Å². The van der Waals surface area contributed by atoms with Crippen LogP contribution in [0.15, 0.2) is 16.5 Å². The summed E-state index contributed by atoms with van der Waals surface area (Å²) < 4.78 is 5.29. The summed E-state index contributed by atoms with van der Waals surface area (Å²) in [6, 6.07) is 3.55. The molecule has 0 bridgehead atoms. The number of rotatable bonds is 1. The number of amides is 1. The molecule has 2 rings (SSSR count). The van der Waals surface area contributed by atoms with Gasteiger partial charge >= 0.3 is 0 Å². The summed E-state index contributed by atoms with van der Waals surface area (Å²) in [6.45, 7) is 5.10. The van der Waals surface area contributed by atoms with E-state index in [0.29, 0.717) is 5.76 Å². The molecule has 84 valence electrons. The van der Waals surface area contributed by atoms with Crippen molar-refractivity contribution in [2.45, 2.75) is 6.92 Å². The zero-order chi connectivity index (χ0) is 9.97. The van der Waals surface area contributed by atoms with E-state index in [9.17, 15) is 4.79 Å². The topological polar surface area (TPSA) is 45.5 Å². The van der Waals surface area contributed by atoms with Crippen molar-refractivity contribution in [2.24, 2.45) is 0 Å². The molecular weight excluding hydrogens is 216 g/mol. The van der Waals surface area contributed by atoms with E-state index in [2.05, 4.69) is 5.32 Å². The fraction of sp³-hybridized carbons (Fsp3) is 0.500. The lowest BCUT2D eigenvalue weighted by Crippen LogP contribution is -2.46. The number of furan rings is 1. The largest absolute Gasteiger partial charge is 0.456 e. The second kappa shape index (κ2) is 5.19. The van der Waals surface area contributed by atoms with Gasteiger partial charge in [-0.25, -0.2) is 0 Å². The van der Waals surface area contributed by atoms with Gasteiger partial charge in [-0.3, -0.25) is 4.79 Å². The minimum absolute atomic E-state index is 0. The van der Waals surface area contributed by atoms with Crippen LogP contribution < -0.4 is 5.32 Å². The predicted molar refractivity (Wildman–Crippen MR) is 59.5 cm³/mol. The molecule has 1 aromatic rings. The molecule has 5 heteroatoms. The third-order valence-corrected chi connectivity index (χ3v) is 2.36. The average molecular weight is 231 g/mol. The molecule has 15 heavy (non-hydrogen) atoms. The maximum absolute atomic E-state index is 11.8. The number of aryl methyl sites for hydroxylation is 1. The van der Waals surface area contributed by atoms with Gasteiger partial charge in [-0.05, 0) is 19.1 Å². The predicted octanol–water partition coefficient (Wildman–Crippen LogP) is 1.06. The number of carbonyl (C=O) groups excluding carboxylic acids is 1. The molecule has 1 saturated heterocycles. The van der Waals surface area contributed by atoms with E-state index in [-0.39, 0.29) is 18.3 Å². The van der Waals surface area contributed by atoms with Gasteiger partial charge in [0.1, 0.15) is 5.76 Å². The Labute approximate surface area is 95.0 Å². The van der Waals surface area contributed by atoms with Crippen LogP contribution in [0.5, 0.6) is 0 Å². The highest BCUT2D eigenvalue weighted by Gasteiger charge is 2.20. The van der Waals surface area contributed by atoms with Gasteiger partial charge in [0.05, 0.1) is 0 Å². The fourth-order valence-corrected chi connectivity index (χ4v) is 1.57. The normalized spacial score (nSPS) is 15.9. The highest BCUT2D eigenvalue weighted by molar-refractivity contribution is 5.91. The first-order valence-corrected chi connectivity index (χ1v) is 4.84. The minimum atomic E-state index is -0.000370. The quantitative estimate of drug-likeness (QED) is 0.785. The molecule has 0 atom stereocenters. The van der Waals surface area contributed by atoms with Gasteiger partial charge in [0.25, 0.3) is 5.91 Å². The highest BCUT2D eigenvalue weighted by Crippen LogP contribution is 2.09. The van der Waals surface area contributed by atoms with Crippen LogP contribution in [0.2, 0.25) is 0 Å². The monoisotopic (exact) mass is 230 g/mol. The zero-order valence-corrected chi connectivity index (χ0v) is 9.47. The smallest absolute Gasteiger partial charge is 0.289 e. The van der Waals surface area contributed by atoms with E-state index >= 15 is 0 Å². The Kier molecular flexibility index (Phi) is 4.17. The lowest BCUT2D eigenvalue weighted by molar-refractivity contribution is 0.0702. The van der Waals surface area contributed by atoms with Crippen molar-refractivity contribution in [3.05, 3.63) is 23.7 Å². The van der Waals surface area contributed by atoms with Crippen LogP contribution in [0, 0.1) is 6.92 Å². The number of nitrogens with zero attached hydrogens (tertiary/aromatic N) is 1. The number of nitrogens with one attached hydrogen (secondary N) is 1. The summed E-state index contributed by atoms with van der Waals surface area (Å²) in [6.07, 6.45) is 0. The van der Waals surface area contributed by atoms with Crippen molar-refractivity contribution < 1.29 is 9.21 Å². The fourth-order valence-electron chi connectivity index (χ4n) is 1.57. The first-order chi connectivity index (χ1) is 6.77. The van der Waals surface area contributed by atoms with Gasteiger partial charge in [-0.1, -0.05) is 0 Å². The molecule has 1 aliphatic heterocycles. The Morgan fingerprint density at radius 3 is 2.60 bits per heavy atom. The van der Waals surface area contributed by atoms with Crippen LogP contribution in [0.1, 0.15) is 16.3 Å².